The highest BCUT2D eigenvalue weighted by Gasteiger charge is 2.13. The lowest BCUT2D eigenvalue weighted by molar-refractivity contribution is -0.384. The Morgan fingerprint density at radius 1 is 1.18 bits per heavy atom. The van der Waals surface area contributed by atoms with Crippen LogP contribution in [0.25, 0.3) is 20.4 Å². The number of amides is 1. The molecule has 0 spiro atoms. The van der Waals surface area contributed by atoms with Crippen molar-refractivity contribution in [1.82, 2.24) is 9.97 Å². The lowest BCUT2D eigenvalue weighted by Crippen LogP contribution is -2.13. The van der Waals surface area contributed by atoms with Gasteiger partial charge in [0, 0.05) is 12.1 Å². The molecule has 1 N–H and O–H groups in total. The van der Waals surface area contributed by atoms with Crippen LogP contribution in [-0.2, 0) is 4.79 Å². The molecule has 7 nitrogen and oxygen atoms in total. The first-order valence-electron chi connectivity index (χ1n) is 8.24. The van der Waals surface area contributed by atoms with Crippen LogP contribution in [-0.4, -0.2) is 26.6 Å². The standard InChI is InChI=1S/C18H14N4O3S3/c1-9-5-10(2)16-14(6-9)27-17(21-16)20-15(23)8-26-18-19-12-4-3-11(22(24)25)7-13(12)28-18/h3-7H,8H2,1-2H3,(H,20,21,23). The Morgan fingerprint density at radius 3 is 2.79 bits per heavy atom. The molecule has 2 aromatic carbocycles. The third kappa shape index (κ3) is 3.84. The first-order chi connectivity index (χ1) is 13.4. The van der Waals surface area contributed by atoms with Crippen LogP contribution >= 0.6 is 34.4 Å². The summed E-state index contributed by atoms with van der Waals surface area (Å²) in [5, 5.41) is 14.3. The number of fused-ring (bicyclic) bond motifs is 2. The van der Waals surface area contributed by atoms with Crippen molar-refractivity contribution in [2.45, 2.75) is 18.2 Å². The van der Waals surface area contributed by atoms with Crippen LogP contribution in [0.4, 0.5) is 10.8 Å². The van der Waals surface area contributed by atoms with E-state index >= 15 is 0 Å². The molecule has 0 fully saturated rings. The quantitative estimate of drug-likeness (QED) is 0.267. The molecule has 0 aliphatic rings. The molecule has 4 aromatic rings. The molecule has 0 saturated heterocycles. The molecule has 4 rings (SSSR count). The van der Waals surface area contributed by atoms with Crippen LogP contribution in [0.1, 0.15) is 11.1 Å². The lowest BCUT2D eigenvalue weighted by Gasteiger charge is -1.99. The van der Waals surface area contributed by atoms with E-state index in [4.69, 9.17) is 0 Å². The summed E-state index contributed by atoms with van der Waals surface area (Å²) in [6.07, 6.45) is 0. The van der Waals surface area contributed by atoms with Crippen LogP contribution < -0.4 is 5.32 Å². The van der Waals surface area contributed by atoms with Crippen molar-refractivity contribution < 1.29 is 9.72 Å². The number of hydrogen-bond acceptors (Lipinski definition) is 8. The Kier molecular flexibility index (Phi) is 5.00. The smallest absolute Gasteiger partial charge is 0.270 e. The zero-order valence-corrected chi connectivity index (χ0v) is 17.3. The van der Waals surface area contributed by atoms with Gasteiger partial charge in [0.2, 0.25) is 5.91 Å². The molecule has 0 unspecified atom stereocenters. The summed E-state index contributed by atoms with van der Waals surface area (Å²) in [4.78, 5) is 31.7. The molecular weight excluding hydrogens is 416 g/mol. The fraction of sp³-hybridized carbons (Fsp3) is 0.167. The SMILES string of the molecule is Cc1cc(C)c2nc(NC(=O)CSc3nc4ccc([N+](=O)[O-])cc4s3)sc2c1. The van der Waals surface area contributed by atoms with E-state index < -0.39 is 4.92 Å². The molecular formula is C18H14N4O3S3. The third-order valence-electron chi connectivity index (χ3n) is 3.97. The molecule has 0 aliphatic carbocycles. The van der Waals surface area contributed by atoms with Gasteiger partial charge in [-0.25, -0.2) is 9.97 Å². The Balaban J connectivity index is 1.44. The molecule has 28 heavy (non-hydrogen) atoms. The number of thiazole rings is 2. The van der Waals surface area contributed by atoms with Crippen molar-refractivity contribution >= 4 is 71.6 Å². The summed E-state index contributed by atoms with van der Waals surface area (Å²) in [6.45, 7) is 4.04. The fourth-order valence-corrected chi connectivity index (χ4v) is 5.73. The number of nitro groups is 1. The number of aromatic nitrogens is 2. The van der Waals surface area contributed by atoms with Crippen LogP contribution in [0.3, 0.4) is 0 Å². The molecule has 2 heterocycles. The zero-order valence-electron chi connectivity index (χ0n) is 14.9. The van der Waals surface area contributed by atoms with E-state index in [0.29, 0.717) is 15.0 Å². The summed E-state index contributed by atoms with van der Waals surface area (Å²) in [5.74, 6) is 0.0271. The van der Waals surface area contributed by atoms with Crippen LogP contribution in [0, 0.1) is 24.0 Å². The highest BCUT2D eigenvalue weighted by atomic mass is 32.2. The molecule has 2 aromatic heterocycles. The summed E-state index contributed by atoms with van der Waals surface area (Å²) >= 11 is 4.10. The first kappa shape index (κ1) is 18.8. The average molecular weight is 431 g/mol. The van der Waals surface area contributed by atoms with Crippen molar-refractivity contribution in [1.29, 1.82) is 0 Å². The number of carbonyl (C=O) groups excluding carboxylic acids is 1. The van der Waals surface area contributed by atoms with Gasteiger partial charge in [-0.3, -0.25) is 14.9 Å². The van der Waals surface area contributed by atoms with Crippen LogP contribution in [0.2, 0.25) is 0 Å². The van der Waals surface area contributed by atoms with Crippen LogP contribution in [0.5, 0.6) is 0 Å². The Labute approximate surface area is 172 Å². The number of benzene rings is 2. The van der Waals surface area contributed by atoms with Gasteiger partial charge in [-0.2, -0.15) is 0 Å². The van der Waals surface area contributed by atoms with Gasteiger partial charge < -0.3 is 5.32 Å². The predicted molar refractivity (Wildman–Crippen MR) is 115 cm³/mol. The summed E-state index contributed by atoms with van der Waals surface area (Å²) in [5.41, 5.74) is 3.89. The maximum atomic E-state index is 12.3. The molecule has 0 radical (unpaired) electrons. The van der Waals surface area contributed by atoms with Gasteiger partial charge >= 0.3 is 0 Å². The number of nitrogens with one attached hydrogen (secondary N) is 1. The van der Waals surface area contributed by atoms with Crippen molar-refractivity contribution in [3.8, 4) is 0 Å². The number of hydrogen-bond donors (Lipinski definition) is 1. The molecule has 1 amide bonds. The number of nitro benzene ring substituents is 1. The van der Waals surface area contributed by atoms with Gasteiger partial charge in [0.15, 0.2) is 9.47 Å². The van der Waals surface area contributed by atoms with E-state index in [1.165, 1.54) is 46.6 Å². The molecule has 0 saturated carbocycles. The van der Waals surface area contributed by atoms with Gasteiger partial charge in [0.05, 0.1) is 31.1 Å². The minimum Gasteiger partial charge on any atom is -0.301 e. The van der Waals surface area contributed by atoms with Crippen LogP contribution in [0.15, 0.2) is 34.7 Å². The Morgan fingerprint density at radius 2 is 2.00 bits per heavy atom. The summed E-state index contributed by atoms with van der Waals surface area (Å²) in [6, 6.07) is 8.69. The predicted octanol–water partition coefficient (Wildman–Crippen LogP) is 5.16. The molecule has 0 atom stereocenters. The summed E-state index contributed by atoms with van der Waals surface area (Å²) in [7, 11) is 0. The molecule has 0 aliphatic heterocycles. The minimum absolute atomic E-state index is 0.0341. The number of non-ortho nitro benzene ring substituents is 1. The highest BCUT2D eigenvalue weighted by molar-refractivity contribution is 8.01. The molecule has 0 bridgehead atoms. The van der Waals surface area contributed by atoms with Crippen molar-refractivity contribution in [3.05, 3.63) is 51.6 Å². The second kappa shape index (κ2) is 7.46. The Bertz CT molecular complexity index is 1230. The maximum absolute atomic E-state index is 12.3. The number of anilines is 1. The largest absolute Gasteiger partial charge is 0.301 e. The second-order valence-electron chi connectivity index (χ2n) is 6.17. The van der Waals surface area contributed by atoms with Gasteiger partial charge in [-0.1, -0.05) is 29.2 Å². The summed E-state index contributed by atoms with van der Waals surface area (Å²) < 4.78 is 2.48. The van der Waals surface area contributed by atoms with E-state index in [9.17, 15) is 14.9 Å². The van der Waals surface area contributed by atoms with E-state index in [1.54, 1.807) is 6.07 Å². The molecule has 10 heteroatoms. The minimum atomic E-state index is -0.430. The van der Waals surface area contributed by atoms with Crippen molar-refractivity contribution in [2.75, 3.05) is 11.1 Å². The van der Waals surface area contributed by atoms with E-state index in [2.05, 4.69) is 27.4 Å². The fourth-order valence-electron chi connectivity index (χ4n) is 2.77. The van der Waals surface area contributed by atoms with E-state index in [1.807, 2.05) is 13.8 Å². The van der Waals surface area contributed by atoms with Crippen molar-refractivity contribution in [3.63, 3.8) is 0 Å². The third-order valence-corrected chi connectivity index (χ3v) is 7.05. The first-order valence-corrected chi connectivity index (χ1v) is 10.9. The van der Waals surface area contributed by atoms with E-state index in [0.717, 1.165) is 26.0 Å². The topological polar surface area (TPSA) is 98.0 Å². The normalized spacial score (nSPS) is 11.2. The number of aryl methyl sites for hydroxylation is 2. The zero-order chi connectivity index (χ0) is 19.8. The average Bonchev–Trinajstić information content (AvgIpc) is 3.22. The van der Waals surface area contributed by atoms with E-state index in [-0.39, 0.29) is 17.3 Å². The van der Waals surface area contributed by atoms with Gasteiger partial charge in [0.1, 0.15) is 0 Å². The molecule has 142 valence electrons. The number of thioether (sulfide) groups is 1. The number of carbonyl (C=O) groups is 1. The lowest BCUT2D eigenvalue weighted by atomic mass is 10.1. The van der Waals surface area contributed by atoms with Crippen molar-refractivity contribution in [2.24, 2.45) is 0 Å². The maximum Gasteiger partial charge on any atom is 0.270 e. The Hall–Kier alpha value is -2.56. The number of rotatable bonds is 5. The van der Waals surface area contributed by atoms with Gasteiger partial charge in [-0.05, 0) is 37.1 Å². The number of nitrogens with zero attached hydrogens (tertiary/aromatic N) is 3. The highest BCUT2D eigenvalue weighted by Crippen LogP contribution is 2.32. The monoisotopic (exact) mass is 430 g/mol. The van der Waals surface area contributed by atoms with Gasteiger partial charge in [-0.15, -0.1) is 11.3 Å². The second-order valence-corrected chi connectivity index (χ2v) is 9.46. The van der Waals surface area contributed by atoms with Gasteiger partial charge in [0.25, 0.3) is 5.69 Å².